The van der Waals surface area contributed by atoms with E-state index in [1.807, 2.05) is 45.0 Å². The molecular weight excluding hydrogens is 322 g/mol. The van der Waals surface area contributed by atoms with Crippen molar-refractivity contribution in [2.24, 2.45) is 0 Å². The number of esters is 1. The van der Waals surface area contributed by atoms with E-state index in [1.165, 1.54) is 0 Å². The second-order valence-corrected chi connectivity index (χ2v) is 7.11. The largest absolute Gasteiger partial charge is 0.494 e. The number of piperidine rings is 1. The van der Waals surface area contributed by atoms with Crippen molar-refractivity contribution < 1.29 is 23.9 Å². The molecular formula is C19H25NO5. The van der Waals surface area contributed by atoms with E-state index in [-0.39, 0.29) is 23.7 Å². The zero-order chi connectivity index (χ0) is 18.4. The molecule has 0 spiro atoms. The summed E-state index contributed by atoms with van der Waals surface area (Å²) in [7, 11) is 0. The van der Waals surface area contributed by atoms with Gasteiger partial charge in [0.15, 0.2) is 0 Å². The Labute approximate surface area is 147 Å². The third-order valence-corrected chi connectivity index (χ3v) is 3.71. The molecule has 0 bridgehead atoms. The minimum absolute atomic E-state index is 0.226. The van der Waals surface area contributed by atoms with Gasteiger partial charge in [-0.1, -0.05) is 12.1 Å². The molecule has 1 saturated heterocycles. The molecule has 1 atom stereocenters. The molecule has 1 aromatic carbocycles. The fraction of sp³-hybridized carbons (Fsp3) is 0.526. The summed E-state index contributed by atoms with van der Waals surface area (Å²) >= 11 is 0. The van der Waals surface area contributed by atoms with E-state index >= 15 is 0 Å². The zero-order valence-electron chi connectivity index (χ0n) is 15.0. The van der Waals surface area contributed by atoms with Gasteiger partial charge in [-0.25, -0.2) is 0 Å². The van der Waals surface area contributed by atoms with Crippen LogP contribution in [0.5, 0.6) is 5.75 Å². The molecule has 0 aromatic heterocycles. The van der Waals surface area contributed by atoms with Crippen LogP contribution in [0.25, 0.3) is 0 Å². The van der Waals surface area contributed by atoms with E-state index in [2.05, 4.69) is 5.32 Å². The van der Waals surface area contributed by atoms with Crippen LogP contribution in [0.2, 0.25) is 0 Å². The third kappa shape index (κ3) is 6.21. The second kappa shape index (κ2) is 8.14. The van der Waals surface area contributed by atoms with Crippen molar-refractivity contribution in [1.82, 2.24) is 5.32 Å². The van der Waals surface area contributed by atoms with Gasteiger partial charge in [-0.2, -0.15) is 0 Å². The summed E-state index contributed by atoms with van der Waals surface area (Å²) in [5, 5.41) is 2.36. The standard InChI is InChI=1S/C19H25NO5/c1-19(2,3)25-17(22)8-5-11-24-14-7-4-6-13(12-14)15-9-10-16(21)20-18(15)23/h4,6-7,12,15H,5,8-11H2,1-3H3,(H,20,21,23). The molecule has 1 unspecified atom stereocenters. The average Bonchev–Trinajstić information content (AvgIpc) is 2.50. The normalized spacial score (nSPS) is 17.8. The van der Waals surface area contributed by atoms with Crippen molar-refractivity contribution in [1.29, 1.82) is 0 Å². The number of rotatable bonds is 6. The van der Waals surface area contributed by atoms with Gasteiger partial charge in [0.05, 0.1) is 12.5 Å². The Morgan fingerprint density at radius 2 is 2.04 bits per heavy atom. The maximum Gasteiger partial charge on any atom is 0.306 e. The fourth-order valence-corrected chi connectivity index (χ4v) is 2.63. The molecule has 2 rings (SSSR count). The number of hydrogen-bond donors (Lipinski definition) is 1. The van der Waals surface area contributed by atoms with Crippen molar-refractivity contribution in [3.63, 3.8) is 0 Å². The Kier molecular flexibility index (Phi) is 6.17. The van der Waals surface area contributed by atoms with Gasteiger partial charge in [-0.05, 0) is 51.3 Å². The number of nitrogens with one attached hydrogen (secondary N) is 1. The molecule has 1 N–H and O–H groups in total. The van der Waals surface area contributed by atoms with Crippen LogP contribution in [0.15, 0.2) is 24.3 Å². The smallest absolute Gasteiger partial charge is 0.306 e. The minimum Gasteiger partial charge on any atom is -0.494 e. The van der Waals surface area contributed by atoms with Crippen LogP contribution in [0.3, 0.4) is 0 Å². The number of benzene rings is 1. The first-order valence-electron chi connectivity index (χ1n) is 8.53. The quantitative estimate of drug-likeness (QED) is 0.486. The Morgan fingerprint density at radius 3 is 2.72 bits per heavy atom. The molecule has 25 heavy (non-hydrogen) atoms. The topological polar surface area (TPSA) is 81.7 Å². The van der Waals surface area contributed by atoms with E-state index in [4.69, 9.17) is 9.47 Å². The monoisotopic (exact) mass is 347 g/mol. The van der Waals surface area contributed by atoms with Gasteiger partial charge in [-0.15, -0.1) is 0 Å². The molecule has 0 aliphatic carbocycles. The van der Waals surface area contributed by atoms with Crippen molar-refractivity contribution in [2.45, 2.75) is 58.0 Å². The van der Waals surface area contributed by atoms with Crippen molar-refractivity contribution in [2.75, 3.05) is 6.61 Å². The number of carbonyl (C=O) groups excluding carboxylic acids is 3. The Bertz CT molecular complexity index is 647. The second-order valence-electron chi connectivity index (χ2n) is 7.11. The Morgan fingerprint density at radius 1 is 1.28 bits per heavy atom. The molecule has 1 aromatic rings. The maximum atomic E-state index is 11.9. The highest BCUT2D eigenvalue weighted by Crippen LogP contribution is 2.27. The van der Waals surface area contributed by atoms with Crippen LogP contribution in [-0.4, -0.2) is 30.0 Å². The van der Waals surface area contributed by atoms with Gasteiger partial charge in [-0.3, -0.25) is 19.7 Å². The molecule has 2 amide bonds. The molecule has 0 radical (unpaired) electrons. The summed E-state index contributed by atoms with van der Waals surface area (Å²) in [6.07, 6.45) is 1.70. The fourth-order valence-electron chi connectivity index (χ4n) is 2.63. The van der Waals surface area contributed by atoms with Crippen LogP contribution in [-0.2, 0) is 19.1 Å². The van der Waals surface area contributed by atoms with E-state index in [9.17, 15) is 14.4 Å². The predicted molar refractivity (Wildman–Crippen MR) is 92.1 cm³/mol. The summed E-state index contributed by atoms with van der Waals surface area (Å²) < 4.78 is 10.9. The lowest BCUT2D eigenvalue weighted by Crippen LogP contribution is -2.39. The van der Waals surface area contributed by atoms with Crippen LogP contribution in [0, 0.1) is 0 Å². The molecule has 0 saturated carbocycles. The predicted octanol–water partition coefficient (Wildman–Crippen LogP) is 2.71. The summed E-state index contributed by atoms with van der Waals surface area (Å²) in [5.41, 5.74) is 0.350. The Balaban J connectivity index is 1.83. The zero-order valence-corrected chi connectivity index (χ0v) is 15.0. The molecule has 1 aliphatic heterocycles. The number of imide groups is 1. The summed E-state index contributed by atoms with van der Waals surface area (Å²) in [4.78, 5) is 34.8. The van der Waals surface area contributed by atoms with Gasteiger partial charge in [0.1, 0.15) is 11.4 Å². The molecule has 6 nitrogen and oxygen atoms in total. The number of carbonyl (C=O) groups is 3. The van der Waals surface area contributed by atoms with E-state index in [0.29, 0.717) is 38.0 Å². The van der Waals surface area contributed by atoms with Gasteiger partial charge in [0.2, 0.25) is 11.8 Å². The number of amides is 2. The maximum absolute atomic E-state index is 11.9. The van der Waals surface area contributed by atoms with Gasteiger partial charge >= 0.3 is 5.97 Å². The lowest BCUT2D eigenvalue weighted by atomic mass is 9.90. The first kappa shape index (κ1) is 19.0. The van der Waals surface area contributed by atoms with Crippen LogP contribution < -0.4 is 10.1 Å². The highest BCUT2D eigenvalue weighted by atomic mass is 16.6. The summed E-state index contributed by atoms with van der Waals surface area (Å²) in [6, 6.07) is 7.30. The van der Waals surface area contributed by atoms with Gasteiger partial charge in [0.25, 0.3) is 0 Å². The van der Waals surface area contributed by atoms with E-state index in [0.717, 1.165) is 5.56 Å². The van der Waals surface area contributed by atoms with Gasteiger partial charge < -0.3 is 9.47 Å². The lowest BCUT2D eigenvalue weighted by molar-refractivity contribution is -0.155. The lowest BCUT2D eigenvalue weighted by Gasteiger charge is -2.21. The summed E-state index contributed by atoms with van der Waals surface area (Å²) in [6.45, 7) is 5.89. The number of hydrogen-bond acceptors (Lipinski definition) is 5. The molecule has 1 heterocycles. The number of ether oxygens (including phenoxy) is 2. The van der Waals surface area contributed by atoms with Gasteiger partial charge in [0, 0.05) is 12.8 Å². The Hall–Kier alpha value is -2.37. The summed E-state index contributed by atoms with van der Waals surface area (Å²) in [5.74, 6) is -0.420. The van der Waals surface area contributed by atoms with Crippen molar-refractivity contribution in [3.05, 3.63) is 29.8 Å². The first-order valence-corrected chi connectivity index (χ1v) is 8.53. The van der Waals surface area contributed by atoms with E-state index < -0.39 is 5.60 Å². The highest BCUT2D eigenvalue weighted by molar-refractivity contribution is 6.00. The first-order chi connectivity index (χ1) is 11.7. The third-order valence-electron chi connectivity index (χ3n) is 3.71. The molecule has 1 aliphatic rings. The van der Waals surface area contributed by atoms with Crippen molar-refractivity contribution in [3.8, 4) is 5.75 Å². The van der Waals surface area contributed by atoms with E-state index in [1.54, 1.807) is 0 Å². The average molecular weight is 347 g/mol. The highest BCUT2D eigenvalue weighted by Gasteiger charge is 2.28. The van der Waals surface area contributed by atoms with Crippen LogP contribution >= 0.6 is 0 Å². The van der Waals surface area contributed by atoms with Crippen LogP contribution in [0.4, 0.5) is 0 Å². The molecule has 1 fully saturated rings. The minimum atomic E-state index is -0.478. The SMILES string of the molecule is CC(C)(C)OC(=O)CCCOc1cccc(C2CCC(=O)NC2=O)c1. The van der Waals surface area contributed by atoms with Crippen LogP contribution in [0.1, 0.15) is 57.9 Å². The molecule has 6 heteroatoms. The van der Waals surface area contributed by atoms with Crippen molar-refractivity contribution >= 4 is 17.8 Å². The molecule has 136 valence electrons.